The number of carbonyl (C=O) groups excluding carboxylic acids is 1. The zero-order chi connectivity index (χ0) is 24.0. The number of carbonyl (C=O) groups is 1. The molecule has 0 atom stereocenters. The molecule has 3 aromatic carbocycles. The van der Waals surface area contributed by atoms with Crippen LogP contribution in [0.1, 0.15) is 12.5 Å². The van der Waals surface area contributed by atoms with Crippen molar-refractivity contribution in [2.45, 2.75) is 18.7 Å². The molecule has 0 radical (unpaired) electrons. The Balaban J connectivity index is 1.93. The van der Waals surface area contributed by atoms with Gasteiger partial charge >= 0.3 is 0 Å². The summed E-state index contributed by atoms with van der Waals surface area (Å²) in [6.45, 7) is 3.59. The number of amides is 1. The van der Waals surface area contributed by atoms with E-state index in [0.29, 0.717) is 18.0 Å². The number of hydrogen-bond donors (Lipinski definition) is 1. The number of nitro groups is 1. The summed E-state index contributed by atoms with van der Waals surface area (Å²) >= 11 is 0. The Bertz CT molecular complexity index is 1240. The number of aryl methyl sites for hydroxylation is 1. The monoisotopic (exact) mass is 469 g/mol. The van der Waals surface area contributed by atoms with Crippen LogP contribution >= 0.6 is 0 Å². The summed E-state index contributed by atoms with van der Waals surface area (Å²) in [7, 11) is -4.18. The van der Waals surface area contributed by atoms with E-state index in [1.165, 1.54) is 30.3 Å². The van der Waals surface area contributed by atoms with Gasteiger partial charge in [0, 0.05) is 17.8 Å². The van der Waals surface area contributed by atoms with E-state index in [2.05, 4.69) is 5.32 Å². The lowest BCUT2D eigenvalue weighted by molar-refractivity contribution is -0.384. The Hall–Kier alpha value is -3.92. The summed E-state index contributed by atoms with van der Waals surface area (Å²) in [6.07, 6.45) is 0. The van der Waals surface area contributed by atoms with E-state index in [0.717, 1.165) is 15.9 Å². The highest BCUT2D eigenvalue weighted by Gasteiger charge is 2.28. The third-order valence-corrected chi connectivity index (χ3v) is 6.46. The Morgan fingerprint density at radius 3 is 2.33 bits per heavy atom. The van der Waals surface area contributed by atoms with Crippen LogP contribution in [0.15, 0.2) is 77.7 Å². The van der Waals surface area contributed by atoms with Crippen LogP contribution in [0.3, 0.4) is 0 Å². The number of anilines is 2. The van der Waals surface area contributed by atoms with Gasteiger partial charge in [-0.1, -0.05) is 23.8 Å². The van der Waals surface area contributed by atoms with Gasteiger partial charge in [0.1, 0.15) is 12.3 Å². The molecule has 0 unspecified atom stereocenters. The van der Waals surface area contributed by atoms with Gasteiger partial charge in [0.2, 0.25) is 5.91 Å². The average Bonchev–Trinajstić information content (AvgIpc) is 2.79. The molecule has 0 saturated heterocycles. The molecule has 0 spiro atoms. The molecule has 172 valence electrons. The number of sulfonamides is 1. The normalized spacial score (nSPS) is 11.0. The molecule has 33 heavy (non-hydrogen) atoms. The summed E-state index contributed by atoms with van der Waals surface area (Å²) in [4.78, 5) is 23.3. The minimum Gasteiger partial charge on any atom is -0.494 e. The summed E-state index contributed by atoms with van der Waals surface area (Å²) in [5.74, 6) is 0.0250. The molecule has 0 fully saturated rings. The van der Waals surface area contributed by atoms with Crippen LogP contribution in [0.5, 0.6) is 5.75 Å². The van der Waals surface area contributed by atoms with Crippen LogP contribution in [0.2, 0.25) is 0 Å². The smallest absolute Gasteiger partial charge is 0.271 e. The first kappa shape index (κ1) is 23.7. The van der Waals surface area contributed by atoms with Crippen LogP contribution in [0.25, 0.3) is 0 Å². The van der Waals surface area contributed by atoms with E-state index in [1.807, 2.05) is 13.8 Å². The zero-order valence-electron chi connectivity index (χ0n) is 18.1. The molecule has 0 aliphatic heterocycles. The summed E-state index contributed by atoms with van der Waals surface area (Å²) in [5, 5.41) is 13.9. The second kappa shape index (κ2) is 10.1. The summed E-state index contributed by atoms with van der Waals surface area (Å²) < 4.78 is 33.0. The van der Waals surface area contributed by atoms with Gasteiger partial charge in [-0.25, -0.2) is 8.42 Å². The third-order valence-electron chi connectivity index (χ3n) is 4.67. The van der Waals surface area contributed by atoms with Crippen molar-refractivity contribution in [2.75, 3.05) is 22.8 Å². The molecule has 0 aliphatic carbocycles. The second-order valence-electron chi connectivity index (χ2n) is 7.11. The SMILES string of the molecule is CCOc1ccc(NC(=O)CN(c2cccc([N+](=O)[O-])c2)S(=O)(=O)c2ccc(C)cc2)cc1. The first-order valence-corrected chi connectivity index (χ1v) is 11.5. The minimum absolute atomic E-state index is 0.00613. The highest BCUT2D eigenvalue weighted by molar-refractivity contribution is 7.92. The van der Waals surface area contributed by atoms with E-state index >= 15 is 0 Å². The van der Waals surface area contributed by atoms with Crippen molar-refractivity contribution in [3.8, 4) is 5.75 Å². The van der Waals surface area contributed by atoms with Crippen molar-refractivity contribution in [1.29, 1.82) is 0 Å². The van der Waals surface area contributed by atoms with Gasteiger partial charge in [-0.05, 0) is 56.3 Å². The van der Waals surface area contributed by atoms with Crippen LogP contribution in [-0.2, 0) is 14.8 Å². The molecule has 9 nitrogen and oxygen atoms in total. The number of hydrogen-bond acceptors (Lipinski definition) is 6. The predicted octanol–water partition coefficient (Wildman–Crippen LogP) is 4.14. The topological polar surface area (TPSA) is 119 Å². The number of benzene rings is 3. The first-order valence-electron chi connectivity index (χ1n) is 10.1. The molecule has 3 aromatic rings. The quantitative estimate of drug-likeness (QED) is 0.372. The fourth-order valence-corrected chi connectivity index (χ4v) is 4.46. The van der Waals surface area contributed by atoms with E-state index < -0.39 is 27.4 Å². The molecular formula is C23H23N3O6S. The maximum Gasteiger partial charge on any atom is 0.271 e. The van der Waals surface area contributed by atoms with Gasteiger partial charge in [0.15, 0.2) is 0 Å². The molecule has 0 bridgehead atoms. The molecule has 1 amide bonds. The van der Waals surface area contributed by atoms with Gasteiger partial charge in [-0.2, -0.15) is 0 Å². The van der Waals surface area contributed by atoms with Crippen molar-refractivity contribution in [3.63, 3.8) is 0 Å². The van der Waals surface area contributed by atoms with Gasteiger partial charge in [0.25, 0.3) is 15.7 Å². The van der Waals surface area contributed by atoms with Crippen LogP contribution in [0.4, 0.5) is 17.1 Å². The number of nitrogens with zero attached hydrogens (tertiary/aromatic N) is 2. The number of ether oxygens (including phenoxy) is 1. The zero-order valence-corrected chi connectivity index (χ0v) is 18.9. The van der Waals surface area contributed by atoms with Gasteiger partial charge in [-0.15, -0.1) is 0 Å². The van der Waals surface area contributed by atoms with Crippen molar-refractivity contribution in [1.82, 2.24) is 0 Å². The fraction of sp³-hybridized carbons (Fsp3) is 0.174. The fourth-order valence-electron chi connectivity index (χ4n) is 3.05. The molecule has 10 heteroatoms. The van der Waals surface area contributed by atoms with E-state index in [9.17, 15) is 23.3 Å². The second-order valence-corrected chi connectivity index (χ2v) is 8.97. The van der Waals surface area contributed by atoms with Crippen molar-refractivity contribution < 1.29 is 22.9 Å². The molecule has 1 N–H and O–H groups in total. The number of non-ortho nitro benzene ring substituents is 1. The van der Waals surface area contributed by atoms with Crippen molar-refractivity contribution in [3.05, 3.63) is 88.5 Å². The van der Waals surface area contributed by atoms with Gasteiger partial charge < -0.3 is 10.1 Å². The maximum atomic E-state index is 13.4. The molecule has 3 rings (SSSR count). The maximum absolute atomic E-state index is 13.4. The van der Waals surface area contributed by atoms with Crippen molar-refractivity contribution in [2.24, 2.45) is 0 Å². The summed E-state index contributed by atoms with van der Waals surface area (Å²) in [6, 6.07) is 17.9. The van der Waals surface area contributed by atoms with E-state index in [4.69, 9.17) is 4.74 Å². The number of nitro benzene ring substituents is 1. The number of rotatable bonds is 9. The third kappa shape index (κ3) is 5.86. The van der Waals surface area contributed by atoms with E-state index in [1.54, 1.807) is 36.4 Å². The lowest BCUT2D eigenvalue weighted by Gasteiger charge is -2.24. The predicted molar refractivity (Wildman–Crippen MR) is 125 cm³/mol. The first-order chi connectivity index (χ1) is 15.7. The average molecular weight is 470 g/mol. The van der Waals surface area contributed by atoms with Gasteiger partial charge in [0.05, 0.1) is 22.1 Å². The van der Waals surface area contributed by atoms with E-state index in [-0.39, 0.29) is 16.3 Å². The van der Waals surface area contributed by atoms with Crippen molar-refractivity contribution >= 4 is 33.0 Å². The van der Waals surface area contributed by atoms with Crippen LogP contribution < -0.4 is 14.4 Å². The Kier molecular flexibility index (Phi) is 7.29. The largest absolute Gasteiger partial charge is 0.494 e. The standard InChI is InChI=1S/C23H23N3O6S/c1-3-32-21-11-9-18(10-12-21)24-23(27)16-25(19-5-4-6-20(15-19)26(28)29)33(30,31)22-13-7-17(2)8-14-22/h4-15H,3,16H2,1-2H3,(H,24,27). The summed E-state index contributed by atoms with van der Waals surface area (Å²) in [5.41, 5.74) is 1.04. The van der Waals surface area contributed by atoms with Crippen LogP contribution in [-0.4, -0.2) is 32.4 Å². The molecule has 0 saturated carbocycles. The lowest BCUT2D eigenvalue weighted by atomic mass is 10.2. The molecular weight excluding hydrogens is 446 g/mol. The Labute approximate surface area is 191 Å². The Morgan fingerprint density at radius 2 is 1.73 bits per heavy atom. The minimum atomic E-state index is -4.18. The lowest BCUT2D eigenvalue weighted by Crippen LogP contribution is -2.38. The van der Waals surface area contributed by atoms with Crippen LogP contribution in [0, 0.1) is 17.0 Å². The highest BCUT2D eigenvalue weighted by atomic mass is 32.2. The Morgan fingerprint density at radius 1 is 1.06 bits per heavy atom. The molecule has 0 aliphatic rings. The number of nitrogens with one attached hydrogen (secondary N) is 1. The molecule has 0 heterocycles. The van der Waals surface area contributed by atoms with Gasteiger partial charge in [-0.3, -0.25) is 19.2 Å². The highest BCUT2D eigenvalue weighted by Crippen LogP contribution is 2.27. The molecule has 0 aromatic heterocycles.